The second-order valence-electron chi connectivity index (χ2n) is 7.83. The van der Waals surface area contributed by atoms with E-state index >= 15 is 0 Å². The van der Waals surface area contributed by atoms with E-state index in [1.165, 1.54) is 35.7 Å². The molecule has 5 rings (SSSR count). The Labute approximate surface area is 185 Å². The molecule has 6 nitrogen and oxygen atoms in total. The van der Waals surface area contributed by atoms with Gasteiger partial charge in [0, 0.05) is 25.0 Å². The van der Waals surface area contributed by atoms with E-state index < -0.39 is 15.6 Å². The molecule has 1 saturated heterocycles. The van der Waals surface area contributed by atoms with E-state index in [-0.39, 0.29) is 15.7 Å². The Kier molecular flexibility index (Phi) is 4.76. The summed E-state index contributed by atoms with van der Waals surface area (Å²) in [6.45, 7) is 0.656. The minimum atomic E-state index is -3.70. The summed E-state index contributed by atoms with van der Waals surface area (Å²) < 4.78 is 48.9. The zero-order valence-electron chi connectivity index (χ0n) is 16.8. The molecule has 0 saturated carbocycles. The van der Waals surface area contributed by atoms with Crippen molar-refractivity contribution in [2.24, 2.45) is 0 Å². The van der Waals surface area contributed by atoms with Crippen molar-refractivity contribution < 1.29 is 17.5 Å². The number of piperidine rings is 1. The zero-order chi connectivity index (χ0) is 21.8. The Balaban J connectivity index is 1.43. The second-order valence-corrected chi connectivity index (χ2v) is 10.2. The molecule has 3 heterocycles. The van der Waals surface area contributed by atoms with Gasteiger partial charge in [-0.2, -0.15) is 4.31 Å². The Hall–Kier alpha value is -2.55. The lowest BCUT2D eigenvalue weighted by Crippen LogP contribution is -2.51. The first-order valence-electron chi connectivity index (χ1n) is 9.94. The number of hydrogen-bond donors (Lipinski definition) is 1. The van der Waals surface area contributed by atoms with Crippen LogP contribution in [-0.2, 0) is 15.6 Å². The Morgan fingerprint density at radius 1 is 1.13 bits per heavy atom. The molecule has 0 radical (unpaired) electrons. The Morgan fingerprint density at radius 2 is 1.90 bits per heavy atom. The molecule has 0 unspecified atom stereocenters. The molecule has 2 aliphatic rings. The number of nitrogens with zero attached hydrogens (tertiary/aromatic N) is 2. The number of anilines is 1. The Bertz CT molecular complexity index is 1270. The molecule has 0 amide bonds. The van der Waals surface area contributed by atoms with Gasteiger partial charge in [-0.15, -0.1) is 0 Å². The number of halogens is 2. The number of rotatable bonds is 3. The van der Waals surface area contributed by atoms with E-state index in [9.17, 15) is 12.8 Å². The highest BCUT2D eigenvalue weighted by Crippen LogP contribution is 2.44. The van der Waals surface area contributed by atoms with Crippen LogP contribution in [0.4, 0.5) is 10.1 Å². The van der Waals surface area contributed by atoms with Crippen LogP contribution in [0, 0.1) is 5.82 Å². The van der Waals surface area contributed by atoms with Crippen LogP contribution in [0.15, 0.2) is 59.6 Å². The van der Waals surface area contributed by atoms with Crippen molar-refractivity contribution in [2.75, 3.05) is 25.5 Å². The smallest absolute Gasteiger partial charge is 0.243 e. The average Bonchev–Trinajstić information content (AvgIpc) is 3.25. The fraction of sp³-hybridized carbons (Fsp3) is 0.273. The topological polar surface area (TPSA) is 63.6 Å². The lowest BCUT2D eigenvalue weighted by Gasteiger charge is -2.45. The number of sulfonamides is 1. The highest BCUT2D eigenvalue weighted by atomic mass is 35.5. The van der Waals surface area contributed by atoms with E-state index in [1.54, 1.807) is 12.1 Å². The molecular weight excluding hydrogens is 441 g/mol. The molecule has 1 fully saturated rings. The van der Waals surface area contributed by atoms with Gasteiger partial charge in [0.2, 0.25) is 10.0 Å². The molecule has 1 aromatic heterocycles. The first-order chi connectivity index (χ1) is 14.8. The van der Waals surface area contributed by atoms with Gasteiger partial charge in [-0.1, -0.05) is 11.6 Å². The molecule has 162 valence electrons. The molecule has 3 aromatic rings. The van der Waals surface area contributed by atoms with E-state index in [0.717, 1.165) is 11.4 Å². The summed E-state index contributed by atoms with van der Waals surface area (Å²) in [6.07, 6.45) is 3.06. The van der Waals surface area contributed by atoms with Gasteiger partial charge in [-0.3, -0.25) is 0 Å². The summed E-state index contributed by atoms with van der Waals surface area (Å²) in [6, 6.07) is 13.2. The normalized spacial score (nSPS) is 17.6. The quantitative estimate of drug-likeness (QED) is 0.628. The fourth-order valence-corrected chi connectivity index (χ4v) is 6.36. The predicted octanol–water partition coefficient (Wildman–Crippen LogP) is 4.38. The molecule has 0 bridgehead atoms. The van der Waals surface area contributed by atoms with Crippen LogP contribution in [0.3, 0.4) is 0 Å². The molecule has 0 atom stereocenters. The van der Waals surface area contributed by atoms with Crippen LogP contribution in [0.2, 0.25) is 5.02 Å². The van der Waals surface area contributed by atoms with E-state index in [4.69, 9.17) is 16.3 Å². The summed E-state index contributed by atoms with van der Waals surface area (Å²) in [7, 11) is -2.21. The lowest BCUT2D eigenvalue weighted by atomic mass is 9.83. The maximum absolute atomic E-state index is 13.9. The van der Waals surface area contributed by atoms with Crippen LogP contribution in [-0.4, -0.2) is 37.5 Å². The van der Waals surface area contributed by atoms with Crippen molar-refractivity contribution in [3.8, 4) is 11.4 Å². The molecule has 1 N–H and O–H groups in total. The van der Waals surface area contributed by atoms with Gasteiger partial charge < -0.3 is 14.6 Å². The second kappa shape index (κ2) is 7.25. The molecule has 0 aliphatic carbocycles. The summed E-state index contributed by atoms with van der Waals surface area (Å²) in [5.41, 5.74) is 2.18. The number of nitrogens with one attached hydrogen (secondary N) is 1. The molecule has 9 heteroatoms. The average molecular weight is 462 g/mol. The molecule has 31 heavy (non-hydrogen) atoms. The maximum atomic E-state index is 13.9. The number of methoxy groups -OCH3 is 1. The summed E-state index contributed by atoms with van der Waals surface area (Å²) in [4.78, 5) is 0.140. The van der Waals surface area contributed by atoms with E-state index in [0.29, 0.717) is 37.4 Å². The van der Waals surface area contributed by atoms with Crippen LogP contribution in [0.25, 0.3) is 5.69 Å². The van der Waals surface area contributed by atoms with Gasteiger partial charge in [0.1, 0.15) is 11.6 Å². The minimum Gasteiger partial charge on any atom is -0.495 e. The van der Waals surface area contributed by atoms with Crippen molar-refractivity contribution in [3.63, 3.8) is 0 Å². The highest BCUT2D eigenvalue weighted by molar-refractivity contribution is 7.89. The zero-order valence-corrected chi connectivity index (χ0v) is 18.4. The third-order valence-electron chi connectivity index (χ3n) is 6.17. The van der Waals surface area contributed by atoms with E-state index in [2.05, 4.69) is 9.88 Å². The number of aromatic nitrogens is 1. The van der Waals surface area contributed by atoms with Gasteiger partial charge in [0.15, 0.2) is 0 Å². The molecular formula is C22H21ClFN3O3S. The largest absolute Gasteiger partial charge is 0.495 e. The van der Waals surface area contributed by atoms with Gasteiger partial charge in [0.25, 0.3) is 0 Å². The number of ether oxygens (including phenoxy) is 1. The van der Waals surface area contributed by atoms with Crippen molar-refractivity contribution in [1.82, 2.24) is 8.87 Å². The lowest BCUT2D eigenvalue weighted by molar-refractivity contribution is 0.247. The highest BCUT2D eigenvalue weighted by Gasteiger charge is 2.44. The monoisotopic (exact) mass is 461 g/mol. The molecule has 2 aromatic carbocycles. The first kappa shape index (κ1) is 20.4. The van der Waals surface area contributed by atoms with Crippen molar-refractivity contribution in [3.05, 3.63) is 71.3 Å². The number of fused-ring (bicyclic) bond motifs is 4. The summed E-state index contributed by atoms with van der Waals surface area (Å²) in [5.74, 6) is 0.115. The third-order valence-corrected chi connectivity index (χ3v) is 8.36. The summed E-state index contributed by atoms with van der Waals surface area (Å²) in [5, 5.41) is 3.76. The Morgan fingerprint density at radius 3 is 2.61 bits per heavy atom. The van der Waals surface area contributed by atoms with Crippen LogP contribution in [0.5, 0.6) is 5.75 Å². The van der Waals surface area contributed by atoms with Gasteiger partial charge >= 0.3 is 0 Å². The minimum absolute atomic E-state index is 0.140. The van der Waals surface area contributed by atoms with E-state index in [1.807, 2.05) is 18.3 Å². The van der Waals surface area contributed by atoms with Crippen molar-refractivity contribution in [1.29, 1.82) is 0 Å². The van der Waals surface area contributed by atoms with Crippen LogP contribution in [0.1, 0.15) is 18.5 Å². The fourth-order valence-electron chi connectivity index (χ4n) is 4.57. The SMILES string of the molecule is COc1ccc(S(=O)(=O)N2CCC3(CC2)Nc2cc(F)ccc2-n2cccc23)cc1Cl. The third kappa shape index (κ3) is 3.21. The van der Waals surface area contributed by atoms with Crippen LogP contribution < -0.4 is 10.1 Å². The van der Waals surface area contributed by atoms with Gasteiger partial charge in [-0.25, -0.2) is 12.8 Å². The number of benzene rings is 2. The molecule has 1 spiro atoms. The van der Waals surface area contributed by atoms with Crippen LogP contribution >= 0.6 is 11.6 Å². The van der Waals surface area contributed by atoms with Crippen molar-refractivity contribution in [2.45, 2.75) is 23.3 Å². The standard InChI is InChI=1S/C22H21ClFN3O3S/c1-30-20-7-5-16(14-17(20)23)31(28,29)26-11-8-22(9-12-26)21-3-2-10-27(21)19-6-4-15(24)13-18(19)25-22/h2-7,10,13-14,25H,8-9,11-12H2,1H3. The van der Waals surface area contributed by atoms with Crippen molar-refractivity contribution >= 4 is 27.3 Å². The maximum Gasteiger partial charge on any atom is 0.243 e. The van der Waals surface area contributed by atoms with Gasteiger partial charge in [-0.05, 0) is 61.4 Å². The first-order valence-corrected chi connectivity index (χ1v) is 11.8. The predicted molar refractivity (Wildman–Crippen MR) is 117 cm³/mol. The summed E-state index contributed by atoms with van der Waals surface area (Å²) >= 11 is 6.14. The number of hydrogen-bond acceptors (Lipinski definition) is 4. The molecule has 2 aliphatic heterocycles. The van der Waals surface area contributed by atoms with Gasteiger partial charge in [0.05, 0.1) is 33.9 Å².